The summed E-state index contributed by atoms with van der Waals surface area (Å²) in [7, 11) is 0. The fraction of sp³-hybridized carbons (Fsp3) is 0.357. The quantitative estimate of drug-likeness (QED) is 0.848. The van der Waals surface area contributed by atoms with Gasteiger partial charge in [0, 0.05) is 11.3 Å². The first-order chi connectivity index (χ1) is 8.13. The molecule has 0 fully saturated rings. The molecule has 0 atom stereocenters. The molecule has 2 aromatic rings. The van der Waals surface area contributed by atoms with Gasteiger partial charge in [-0.3, -0.25) is 5.10 Å². The van der Waals surface area contributed by atoms with E-state index in [1.165, 1.54) is 5.56 Å². The molecule has 0 saturated heterocycles. The number of nitrogen functional groups attached to an aromatic ring is 1. The van der Waals surface area contributed by atoms with E-state index in [0.29, 0.717) is 11.7 Å². The third-order valence-electron chi connectivity index (χ3n) is 3.09. The number of rotatable bonds is 3. The van der Waals surface area contributed by atoms with E-state index in [0.717, 1.165) is 23.2 Å². The summed E-state index contributed by atoms with van der Waals surface area (Å²) in [5.74, 6) is 1.13. The molecular formula is C14H19N3. The molecule has 17 heavy (non-hydrogen) atoms. The summed E-state index contributed by atoms with van der Waals surface area (Å²) >= 11 is 0. The van der Waals surface area contributed by atoms with Crippen molar-refractivity contribution in [3.05, 3.63) is 35.5 Å². The molecule has 0 unspecified atom stereocenters. The SMILES string of the molecule is CCc1[nH]nc(N)c1-c1ccc(C(C)C)cc1. The highest BCUT2D eigenvalue weighted by Crippen LogP contribution is 2.29. The maximum atomic E-state index is 5.90. The predicted molar refractivity (Wildman–Crippen MR) is 71.9 cm³/mol. The minimum Gasteiger partial charge on any atom is -0.382 e. The van der Waals surface area contributed by atoms with Gasteiger partial charge in [-0.1, -0.05) is 45.0 Å². The Morgan fingerprint density at radius 1 is 1.24 bits per heavy atom. The molecule has 0 spiro atoms. The lowest BCUT2D eigenvalue weighted by Crippen LogP contribution is -1.91. The second-order valence-electron chi connectivity index (χ2n) is 4.59. The lowest BCUT2D eigenvalue weighted by Gasteiger charge is -2.07. The number of aromatic nitrogens is 2. The van der Waals surface area contributed by atoms with E-state index in [1.54, 1.807) is 0 Å². The van der Waals surface area contributed by atoms with Crippen LogP contribution < -0.4 is 5.73 Å². The number of nitrogens with one attached hydrogen (secondary N) is 1. The number of aryl methyl sites for hydroxylation is 1. The molecule has 1 aromatic carbocycles. The van der Waals surface area contributed by atoms with Crippen LogP contribution in [0.1, 0.15) is 37.9 Å². The van der Waals surface area contributed by atoms with Crippen LogP contribution in [0.4, 0.5) is 5.82 Å². The summed E-state index contributed by atoms with van der Waals surface area (Å²) in [5.41, 5.74) is 10.5. The second-order valence-corrected chi connectivity index (χ2v) is 4.59. The van der Waals surface area contributed by atoms with E-state index in [4.69, 9.17) is 5.73 Å². The summed E-state index contributed by atoms with van der Waals surface area (Å²) in [5, 5.41) is 7.06. The van der Waals surface area contributed by atoms with Crippen molar-refractivity contribution >= 4 is 5.82 Å². The number of aromatic amines is 1. The highest BCUT2D eigenvalue weighted by Gasteiger charge is 2.11. The molecule has 3 N–H and O–H groups in total. The van der Waals surface area contributed by atoms with Crippen LogP contribution in [0.3, 0.4) is 0 Å². The highest BCUT2D eigenvalue weighted by molar-refractivity contribution is 5.76. The molecule has 3 nitrogen and oxygen atoms in total. The zero-order valence-corrected chi connectivity index (χ0v) is 10.6. The van der Waals surface area contributed by atoms with Gasteiger partial charge in [-0.15, -0.1) is 0 Å². The molecular weight excluding hydrogens is 210 g/mol. The van der Waals surface area contributed by atoms with E-state index in [-0.39, 0.29) is 0 Å². The van der Waals surface area contributed by atoms with Crippen LogP contribution in [0.15, 0.2) is 24.3 Å². The van der Waals surface area contributed by atoms with Crippen molar-refractivity contribution in [1.29, 1.82) is 0 Å². The smallest absolute Gasteiger partial charge is 0.153 e. The second kappa shape index (κ2) is 4.62. The average Bonchev–Trinajstić information content (AvgIpc) is 2.70. The molecule has 0 saturated carbocycles. The Hall–Kier alpha value is -1.77. The Morgan fingerprint density at radius 3 is 2.41 bits per heavy atom. The number of anilines is 1. The largest absolute Gasteiger partial charge is 0.382 e. The minimum atomic E-state index is 0.552. The zero-order chi connectivity index (χ0) is 12.4. The number of nitrogens with two attached hydrogens (primary N) is 1. The summed E-state index contributed by atoms with van der Waals surface area (Å²) < 4.78 is 0. The number of benzene rings is 1. The van der Waals surface area contributed by atoms with Crippen LogP contribution in [-0.4, -0.2) is 10.2 Å². The molecule has 2 rings (SSSR count). The highest BCUT2D eigenvalue weighted by atomic mass is 15.2. The van der Waals surface area contributed by atoms with Crippen LogP contribution in [0.25, 0.3) is 11.1 Å². The van der Waals surface area contributed by atoms with Gasteiger partial charge in [-0.2, -0.15) is 5.10 Å². The number of nitrogens with zero attached hydrogens (tertiary/aromatic N) is 1. The van der Waals surface area contributed by atoms with Crippen molar-refractivity contribution in [3.8, 4) is 11.1 Å². The van der Waals surface area contributed by atoms with Gasteiger partial charge in [0.2, 0.25) is 0 Å². The Kier molecular flexibility index (Phi) is 3.18. The van der Waals surface area contributed by atoms with Crippen molar-refractivity contribution in [2.45, 2.75) is 33.1 Å². The Balaban J connectivity index is 2.42. The summed E-state index contributed by atoms with van der Waals surface area (Å²) in [6.07, 6.45) is 0.908. The number of hydrogen-bond donors (Lipinski definition) is 2. The third-order valence-corrected chi connectivity index (χ3v) is 3.09. The van der Waals surface area contributed by atoms with Crippen molar-refractivity contribution in [1.82, 2.24) is 10.2 Å². The first-order valence-corrected chi connectivity index (χ1v) is 6.06. The summed E-state index contributed by atoms with van der Waals surface area (Å²) in [6.45, 7) is 6.48. The molecule has 0 aliphatic rings. The van der Waals surface area contributed by atoms with Crippen molar-refractivity contribution in [2.24, 2.45) is 0 Å². The zero-order valence-electron chi connectivity index (χ0n) is 10.6. The molecule has 1 heterocycles. The van der Waals surface area contributed by atoms with Crippen LogP contribution in [-0.2, 0) is 6.42 Å². The topological polar surface area (TPSA) is 54.7 Å². The van der Waals surface area contributed by atoms with Gasteiger partial charge in [-0.05, 0) is 23.5 Å². The van der Waals surface area contributed by atoms with Crippen LogP contribution in [0.5, 0.6) is 0 Å². The van der Waals surface area contributed by atoms with Gasteiger partial charge in [0.25, 0.3) is 0 Å². The summed E-state index contributed by atoms with van der Waals surface area (Å²) in [4.78, 5) is 0. The standard InChI is InChI=1S/C14H19N3/c1-4-12-13(14(15)17-16-12)11-7-5-10(6-8-11)9(2)3/h5-9H,4H2,1-3H3,(H3,15,16,17). The third kappa shape index (κ3) is 2.18. The fourth-order valence-electron chi connectivity index (χ4n) is 2.01. The Labute approximate surface area is 102 Å². The van der Waals surface area contributed by atoms with E-state index in [9.17, 15) is 0 Å². The van der Waals surface area contributed by atoms with Gasteiger partial charge in [0.1, 0.15) is 0 Å². The maximum absolute atomic E-state index is 5.90. The molecule has 0 radical (unpaired) electrons. The molecule has 90 valence electrons. The van der Waals surface area contributed by atoms with Crippen LogP contribution >= 0.6 is 0 Å². The molecule has 0 aliphatic carbocycles. The fourth-order valence-corrected chi connectivity index (χ4v) is 2.01. The van der Waals surface area contributed by atoms with Gasteiger partial charge >= 0.3 is 0 Å². The normalized spacial score (nSPS) is 11.1. The number of hydrogen-bond acceptors (Lipinski definition) is 2. The van der Waals surface area contributed by atoms with Crippen LogP contribution in [0.2, 0.25) is 0 Å². The monoisotopic (exact) mass is 229 g/mol. The van der Waals surface area contributed by atoms with Crippen molar-refractivity contribution in [2.75, 3.05) is 5.73 Å². The molecule has 0 aliphatic heterocycles. The van der Waals surface area contributed by atoms with E-state index in [1.807, 2.05) is 0 Å². The first kappa shape index (κ1) is 11.7. The van der Waals surface area contributed by atoms with Crippen LogP contribution in [0, 0.1) is 0 Å². The maximum Gasteiger partial charge on any atom is 0.153 e. The van der Waals surface area contributed by atoms with Gasteiger partial charge < -0.3 is 5.73 Å². The number of H-pyrrole nitrogens is 1. The minimum absolute atomic E-state index is 0.552. The van der Waals surface area contributed by atoms with E-state index < -0.39 is 0 Å². The molecule has 3 heteroatoms. The Bertz CT molecular complexity index is 495. The van der Waals surface area contributed by atoms with E-state index in [2.05, 4.69) is 55.2 Å². The molecule has 1 aromatic heterocycles. The Morgan fingerprint density at radius 2 is 1.88 bits per heavy atom. The van der Waals surface area contributed by atoms with Gasteiger partial charge in [0.15, 0.2) is 5.82 Å². The average molecular weight is 229 g/mol. The van der Waals surface area contributed by atoms with Crippen molar-refractivity contribution < 1.29 is 0 Å². The first-order valence-electron chi connectivity index (χ1n) is 6.06. The van der Waals surface area contributed by atoms with E-state index >= 15 is 0 Å². The summed E-state index contributed by atoms with van der Waals surface area (Å²) in [6, 6.07) is 8.56. The molecule has 0 bridgehead atoms. The van der Waals surface area contributed by atoms with Crippen molar-refractivity contribution in [3.63, 3.8) is 0 Å². The predicted octanol–water partition coefficient (Wildman–Crippen LogP) is 3.34. The van der Waals surface area contributed by atoms with Gasteiger partial charge in [0.05, 0.1) is 0 Å². The molecule has 0 amide bonds. The van der Waals surface area contributed by atoms with Gasteiger partial charge in [-0.25, -0.2) is 0 Å². The lowest BCUT2D eigenvalue weighted by atomic mass is 9.98. The lowest BCUT2D eigenvalue weighted by molar-refractivity contribution is 0.867.